The van der Waals surface area contributed by atoms with Crippen LogP contribution in [0.15, 0.2) is 30.7 Å². The van der Waals surface area contributed by atoms with E-state index < -0.39 is 24.0 Å². The van der Waals surface area contributed by atoms with Gasteiger partial charge in [0.05, 0.1) is 17.4 Å². The number of halogens is 2. The van der Waals surface area contributed by atoms with Crippen molar-refractivity contribution in [3.8, 4) is 5.88 Å². The average Bonchev–Trinajstić information content (AvgIpc) is 3.03. The quantitative estimate of drug-likeness (QED) is 0.611. The van der Waals surface area contributed by atoms with Crippen molar-refractivity contribution < 1.29 is 23.4 Å². The number of hydrogen-bond donors (Lipinski definition) is 2. The lowest BCUT2D eigenvalue weighted by atomic mass is 10.1. The summed E-state index contributed by atoms with van der Waals surface area (Å²) >= 11 is 0. The maximum atomic E-state index is 13.0. The minimum absolute atomic E-state index is 0.159. The number of aliphatic hydroxyl groups is 1. The van der Waals surface area contributed by atoms with Crippen molar-refractivity contribution in [2.75, 3.05) is 11.9 Å². The normalized spacial score (nSPS) is 12.2. The molecule has 160 valence electrons. The second-order valence-corrected chi connectivity index (χ2v) is 7.76. The molecule has 0 spiro atoms. The minimum atomic E-state index is -2.94. The molecule has 1 amide bonds. The largest absolute Gasteiger partial charge is 0.471 e. The molecule has 0 atom stereocenters. The molecule has 0 fully saturated rings. The monoisotopic (exact) mass is 419 g/mol. The lowest BCUT2D eigenvalue weighted by Crippen LogP contribution is -2.36. The minimum Gasteiger partial charge on any atom is -0.471 e. The number of ether oxygens (including phenoxy) is 1. The lowest BCUT2D eigenvalue weighted by molar-refractivity contribution is -0.130. The van der Waals surface area contributed by atoms with E-state index >= 15 is 0 Å². The van der Waals surface area contributed by atoms with Gasteiger partial charge in [-0.1, -0.05) is 0 Å². The van der Waals surface area contributed by atoms with Gasteiger partial charge in [-0.2, -0.15) is 5.10 Å². The predicted octanol–water partition coefficient (Wildman–Crippen LogP) is 2.93. The van der Waals surface area contributed by atoms with Crippen LogP contribution in [0, 0.1) is 6.92 Å². The number of amides is 1. The van der Waals surface area contributed by atoms with Crippen LogP contribution < -0.4 is 10.1 Å². The van der Waals surface area contributed by atoms with Gasteiger partial charge >= 0.3 is 0 Å². The van der Waals surface area contributed by atoms with Gasteiger partial charge in [-0.3, -0.25) is 9.48 Å². The number of carbonyl (C=O) groups excluding carboxylic acids is 1. The number of nitrogens with zero attached hydrogens (tertiary/aromatic N) is 4. The number of aromatic nitrogens is 4. The number of anilines is 1. The fourth-order valence-electron chi connectivity index (χ4n) is 2.68. The Labute approximate surface area is 171 Å². The zero-order chi connectivity index (χ0) is 22.1. The first kappa shape index (κ1) is 21.6. The number of carbonyl (C=O) groups is 1. The first-order chi connectivity index (χ1) is 13.9. The molecule has 8 nitrogen and oxygen atoms in total. The average molecular weight is 419 g/mol. The van der Waals surface area contributed by atoms with Crippen molar-refractivity contribution in [1.82, 2.24) is 19.7 Å². The predicted molar refractivity (Wildman–Crippen MR) is 107 cm³/mol. The van der Waals surface area contributed by atoms with Crippen LogP contribution in [0.4, 0.5) is 14.6 Å². The molecule has 0 aliphatic heterocycles. The Morgan fingerprint density at radius 3 is 2.67 bits per heavy atom. The number of alkyl halides is 2. The summed E-state index contributed by atoms with van der Waals surface area (Å²) in [6.45, 7) is 4.91. The molecule has 3 aromatic heterocycles. The van der Waals surface area contributed by atoms with Gasteiger partial charge in [0.2, 0.25) is 5.88 Å². The summed E-state index contributed by atoms with van der Waals surface area (Å²) in [6.07, 6.45) is 4.78. The van der Waals surface area contributed by atoms with E-state index in [0.29, 0.717) is 28.8 Å². The number of rotatable bonds is 7. The summed E-state index contributed by atoms with van der Waals surface area (Å²) in [6, 6.07) is 3.49. The van der Waals surface area contributed by atoms with Crippen LogP contribution in [0.5, 0.6) is 5.88 Å². The second-order valence-electron chi connectivity index (χ2n) is 7.76. The lowest BCUT2D eigenvalue weighted by Gasteiger charge is -2.16. The first-order valence-corrected chi connectivity index (χ1v) is 9.24. The second kappa shape index (κ2) is 7.94. The zero-order valence-electron chi connectivity index (χ0n) is 17.1. The summed E-state index contributed by atoms with van der Waals surface area (Å²) < 4.78 is 32.7. The van der Waals surface area contributed by atoms with Crippen LogP contribution >= 0.6 is 0 Å². The Bertz CT molecular complexity index is 1070. The van der Waals surface area contributed by atoms with E-state index in [1.54, 1.807) is 29.9 Å². The highest BCUT2D eigenvalue weighted by atomic mass is 19.3. The molecule has 0 saturated heterocycles. The van der Waals surface area contributed by atoms with Crippen molar-refractivity contribution in [3.63, 3.8) is 0 Å². The molecule has 0 aliphatic rings. The fraction of sp³-hybridized carbons (Fsp3) is 0.400. The van der Waals surface area contributed by atoms with Gasteiger partial charge in [-0.15, -0.1) is 0 Å². The molecule has 0 radical (unpaired) electrons. The van der Waals surface area contributed by atoms with Crippen molar-refractivity contribution in [1.29, 1.82) is 0 Å². The highest BCUT2D eigenvalue weighted by Gasteiger charge is 2.25. The molecule has 2 N–H and O–H groups in total. The molecule has 0 saturated carbocycles. The molecular weight excluding hydrogens is 396 g/mol. The number of aryl methyl sites for hydroxylation is 1. The van der Waals surface area contributed by atoms with E-state index in [9.17, 15) is 18.7 Å². The highest BCUT2D eigenvalue weighted by molar-refractivity contribution is 6.02. The topological polar surface area (TPSA) is 102 Å². The van der Waals surface area contributed by atoms with Crippen LogP contribution in [0.2, 0.25) is 0 Å². The molecule has 3 aromatic rings. The third kappa shape index (κ3) is 5.26. The molecule has 3 rings (SSSR count). The van der Waals surface area contributed by atoms with E-state index in [4.69, 9.17) is 4.74 Å². The Morgan fingerprint density at radius 2 is 2.03 bits per heavy atom. The van der Waals surface area contributed by atoms with Crippen LogP contribution in [-0.4, -0.2) is 48.9 Å². The van der Waals surface area contributed by atoms with Crippen molar-refractivity contribution >= 4 is 22.6 Å². The Hall–Kier alpha value is -3.14. The molecule has 0 bridgehead atoms. The molecule has 3 heterocycles. The number of pyridine rings is 2. The third-order valence-electron chi connectivity index (χ3n) is 4.16. The van der Waals surface area contributed by atoms with Gasteiger partial charge in [-0.25, -0.2) is 18.7 Å². The van der Waals surface area contributed by atoms with Crippen LogP contribution in [0.3, 0.4) is 0 Å². The zero-order valence-corrected chi connectivity index (χ0v) is 17.1. The molecule has 30 heavy (non-hydrogen) atoms. The summed E-state index contributed by atoms with van der Waals surface area (Å²) in [5.74, 6) is -3.06. The smallest absolute Gasteiger partial charge is 0.278 e. The summed E-state index contributed by atoms with van der Waals surface area (Å²) in [5, 5.41) is 17.5. The van der Waals surface area contributed by atoms with Gasteiger partial charge < -0.3 is 15.2 Å². The molecule has 0 aliphatic carbocycles. The van der Waals surface area contributed by atoms with Crippen LogP contribution in [-0.2, 0) is 11.3 Å². The van der Waals surface area contributed by atoms with Crippen LogP contribution in [0.1, 0.15) is 31.9 Å². The van der Waals surface area contributed by atoms with Gasteiger partial charge in [0, 0.05) is 31.1 Å². The van der Waals surface area contributed by atoms with Crippen LogP contribution in [0.25, 0.3) is 10.9 Å². The maximum Gasteiger partial charge on any atom is 0.278 e. The van der Waals surface area contributed by atoms with Gasteiger partial charge in [0.25, 0.3) is 11.8 Å². The van der Waals surface area contributed by atoms with Gasteiger partial charge in [-0.05, 0) is 38.5 Å². The maximum absolute atomic E-state index is 13.0. The Balaban J connectivity index is 1.79. The molecule has 10 heteroatoms. The Morgan fingerprint density at radius 1 is 1.30 bits per heavy atom. The number of nitrogens with one attached hydrogen (secondary N) is 1. The molecule has 0 unspecified atom stereocenters. The van der Waals surface area contributed by atoms with Crippen molar-refractivity contribution in [2.45, 2.75) is 45.8 Å². The van der Waals surface area contributed by atoms with Gasteiger partial charge in [0.1, 0.15) is 11.4 Å². The summed E-state index contributed by atoms with van der Waals surface area (Å²) in [7, 11) is 0. The molecule has 0 aromatic carbocycles. The molecular formula is C20H23F2N5O3. The van der Waals surface area contributed by atoms with Crippen molar-refractivity contribution in [3.05, 3.63) is 41.9 Å². The van der Waals surface area contributed by atoms with E-state index in [1.165, 1.54) is 26.2 Å². The van der Waals surface area contributed by atoms with Gasteiger partial charge in [0.15, 0.2) is 6.61 Å². The van der Waals surface area contributed by atoms with E-state index in [1.807, 2.05) is 0 Å². The highest BCUT2D eigenvalue weighted by Crippen LogP contribution is 2.23. The third-order valence-corrected chi connectivity index (χ3v) is 4.16. The summed E-state index contributed by atoms with van der Waals surface area (Å²) in [4.78, 5) is 20.3. The SMILES string of the molecule is Cc1cc(Cn2cc3c(NC(=O)C(C)(C)O)nccc3n2)cnc1OCC(C)(F)F. The van der Waals surface area contributed by atoms with E-state index in [-0.39, 0.29) is 5.88 Å². The summed E-state index contributed by atoms with van der Waals surface area (Å²) in [5.41, 5.74) is 0.499. The number of fused-ring (bicyclic) bond motifs is 1. The van der Waals surface area contributed by atoms with Crippen molar-refractivity contribution in [2.24, 2.45) is 0 Å². The van der Waals surface area contributed by atoms with E-state index in [2.05, 4.69) is 20.4 Å². The number of hydrogen-bond acceptors (Lipinski definition) is 6. The fourth-order valence-corrected chi connectivity index (χ4v) is 2.68. The van der Waals surface area contributed by atoms with E-state index in [0.717, 1.165) is 12.5 Å². The Kier molecular flexibility index (Phi) is 5.71. The standard InChI is InChI=1S/C20H23F2N5O3/c1-12-7-13(8-24-17(12)30-11-20(4,21)22)9-27-10-14-15(26-27)5-6-23-16(14)25-18(28)19(2,3)29/h5-8,10,29H,9,11H2,1-4H3,(H,23,25,28). The first-order valence-electron chi connectivity index (χ1n) is 9.24.